The molecule has 1 aromatic carbocycles. The van der Waals surface area contributed by atoms with Gasteiger partial charge in [0, 0.05) is 10.9 Å². The molecular weight excluding hydrogens is 240 g/mol. The minimum absolute atomic E-state index is 0.680. The number of rotatable bonds is 2. The summed E-state index contributed by atoms with van der Waals surface area (Å²) < 4.78 is 1.06. The van der Waals surface area contributed by atoms with Crippen molar-refractivity contribution in [3.63, 3.8) is 0 Å². The average Bonchev–Trinajstić information content (AvgIpc) is 2.43. The Morgan fingerprint density at radius 1 is 1.43 bits per heavy atom. The lowest BCUT2D eigenvalue weighted by molar-refractivity contribution is 0.970. The lowest BCUT2D eigenvalue weighted by atomic mass is 10.1. The van der Waals surface area contributed by atoms with E-state index in [4.69, 9.17) is 5.73 Å². The highest BCUT2D eigenvalue weighted by atomic mass is 79.9. The Kier molecular flexibility index (Phi) is 2.61. The van der Waals surface area contributed by atoms with Gasteiger partial charge < -0.3 is 10.7 Å². The second-order valence-corrected chi connectivity index (χ2v) is 4.30. The molecule has 2 aromatic rings. The average molecular weight is 253 g/mol. The number of hydrogen-bond acceptors (Lipinski definition) is 1. The number of benzene rings is 1. The van der Waals surface area contributed by atoms with E-state index < -0.39 is 0 Å². The van der Waals surface area contributed by atoms with Crippen LogP contribution in [-0.4, -0.2) is 11.5 Å². The summed E-state index contributed by atoms with van der Waals surface area (Å²) in [5.41, 5.74) is 9.30. The van der Waals surface area contributed by atoms with E-state index in [0.29, 0.717) is 6.54 Å². The summed E-state index contributed by atoms with van der Waals surface area (Å²) in [7, 11) is 0. The summed E-state index contributed by atoms with van der Waals surface area (Å²) >= 11 is 3.52. The maximum absolute atomic E-state index is 5.57. The number of hydrogen-bond donors (Lipinski definition) is 2. The summed E-state index contributed by atoms with van der Waals surface area (Å²) in [5, 5.41) is 1.27. The number of H-pyrrole nitrogens is 1. The molecule has 2 rings (SSSR count). The highest BCUT2D eigenvalue weighted by Gasteiger charge is 2.07. The number of fused-ring (bicyclic) bond motifs is 1. The molecule has 0 spiro atoms. The zero-order valence-corrected chi connectivity index (χ0v) is 9.69. The van der Waals surface area contributed by atoms with Crippen LogP contribution in [0, 0.1) is 6.92 Å². The van der Waals surface area contributed by atoms with Gasteiger partial charge in [0.25, 0.3) is 0 Å². The Hall–Kier alpha value is -0.800. The Labute approximate surface area is 91.6 Å². The standard InChI is InChI=1S/C11H13BrN2/c1-7-2-3-8-9(4-5-13)11(12)14-10(8)6-7/h2-3,6,14H,4-5,13H2,1H3. The van der Waals surface area contributed by atoms with Gasteiger partial charge in [0.1, 0.15) is 0 Å². The van der Waals surface area contributed by atoms with Crippen LogP contribution in [-0.2, 0) is 6.42 Å². The maximum Gasteiger partial charge on any atom is 0.0863 e. The van der Waals surface area contributed by atoms with Crippen LogP contribution < -0.4 is 5.73 Å². The molecule has 1 heterocycles. The first-order valence-corrected chi connectivity index (χ1v) is 5.48. The highest BCUT2D eigenvalue weighted by Crippen LogP contribution is 2.27. The molecule has 0 aliphatic carbocycles. The lowest BCUT2D eigenvalue weighted by Crippen LogP contribution is -2.02. The fourth-order valence-corrected chi connectivity index (χ4v) is 2.35. The third kappa shape index (κ3) is 1.57. The largest absolute Gasteiger partial charge is 0.349 e. The first-order valence-electron chi connectivity index (χ1n) is 4.69. The third-order valence-electron chi connectivity index (χ3n) is 2.40. The third-order valence-corrected chi connectivity index (χ3v) is 3.08. The molecule has 0 bridgehead atoms. The molecule has 0 amide bonds. The summed E-state index contributed by atoms with van der Waals surface area (Å²) in [4.78, 5) is 3.31. The van der Waals surface area contributed by atoms with E-state index in [1.54, 1.807) is 0 Å². The van der Waals surface area contributed by atoms with Crippen LogP contribution >= 0.6 is 15.9 Å². The monoisotopic (exact) mass is 252 g/mol. The van der Waals surface area contributed by atoms with Crippen LogP contribution in [0.2, 0.25) is 0 Å². The smallest absolute Gasteiger partial charge is 0.0863 e. The molecule has 0 unspecified atom stereocenters. The van der Waals surface area contributed by atoms with Gasteiger partial charge in [-0.05, 0) is 53.0 Å². The number of nitrogens with two attached hydrogens (primary N) is 1. The molecule has 3 N–H and O–H groups in total. The number of aryl methyl sites for hydroxylation is 1. The molecule has 1 aromatic heterocycles. The minimum atomic E-state index is 0.680. The SMILES string of the molecule is Cc1ccc2c(CCN)c(Br)[nH]c2c1. The summed E-state index contributed by atoms with van der Waals surface area (Å²) in [6.45, 7) is 2.77. The van der Waals surface area contributed by atoms with E-state index in [-0.39, 0.29) is 0 Å². The second kappa shape index (κ2) is 3.75. The van der Waals surface area contributed by atoms with Crippen LogP contribution in [0.25, 0.3) is 10.9 Å². The molecule has 0 saturated carbocycles. The van der Waals surface area contributed by atoms with Crippen molar-refractivity contribution in [2.75, 3.05) is 6.54 Å². The van der Waals surface area contributed by atoms with E-state index in [1.807, 2.05) is 0 Å². The Balaban J connectivity index is 2.64. The highest BCUT2D eigenvalue weighted by molar-refractivity contribution is 9.10. The Morgan fingerprint density at radius 2 is 2.21 bits per heavy atom. The molecule has 0 fully saturated rings. The summed E-state index contributed by atoms with van der Waals surface area (Å²) in [6, 6.07) is 6.43. The van der Waals surface area contributed by atoms with E-state index in [2.05, 4.69) is 46.0 Å². The normalized spacial score (nSPS) is 11.1. The van der Waals surface area contributed by atoms with Crippen molar-refractivity contribution >= 4 is 26.8 Å². The number of aromatic amines is 1. The molecule has 14 heavy (non-hydrogen) atoms. The Bertz CT molecular complexity index is 460. The van der Waals surface area contributed by atoms with Crippen LogP contribution in [0.3, 0.4) is 0 Å². The molecular formula is C11H13BrN2. The van der Waals surface area contributed by atoms with Crippen LogP contribution in [0.1, 0.15) is 11.1 Å². The zero-order valence-electron chi connectivity index (χ0n) is 8.10. The molecule has 2 nitrogen and oxygen atoms in total. The van der Waals surface area contributed by atoms with Gasteiger partial charge in [-0.25, -0.2) is 0 Å². The molecule has 74 valence electrons. The van der Waals surface area contributed by atoms with Crippen LogP contribution in [0.5, 0.6) is 0 Å². The van der Waals surface area contributed by atoms with Gasteiger partial charge in [-0.1, -0.05) is 12.1 Å². The number of nitrogens with one attached hydrogen (secondary N) is 1. The number of aromatic nitrogens is 1. The molecule has 0 saturated heterocycles. The van der Waals surface area contributed by atoms with Crippen molar-refractivity contribution in [3.05, 3.63) is 33.9 Å². The topological polar surface area (TPSA) is 41.8 Å². The molecule has 0 aliphatic heterocycles. The van der Waals surface area contributed by atoms with Crippen molar-refractivity contribution in [1.29, 1.82) is 0 Å². The van der Waals surface area contributed by atoms with Gasteiger partial charge in [-0.3, -0.25) is 0 Å². The number of halogens is 1. The molecule has 0 radical (unpaired) electrons. The van der Waals surface area contributed by atoms with Gasteiger partial charge in [-0.15, -0.1) is 0 Å². The van der Waals surface area contributed by atoms with Crippen molar-refractivity contribution in [1.82, 2.24) is 4.98 Å². The van der Waals surface area contributed by atoms with Gasteiger partial charge in [0.2, 0.25) is 0 Å². The summed E-state index contributed by atoms with van der Waals surface area (Å²) in [6.07, 6.45) is 0.906. The maximum atomic E-state index is 5.57. The molecule has 0 aliphatic rings. The van der Waals surface area contributed by atoms with Crippen molar-refractivity contribution in [2.45, 2.75) is 13.3 Å². The van der Waals surface area contributed by atoms with Gasteiger partial charge in [0.15, 0.2) is 0 Å². The van der Waals surface area contributed by atoms with Gasteiger partial charge >= 0.3 is 0 Å². The van der Waals surface area contributed by atoms with Crippen LogP contribution in [0.4, 0.5) is 0 Å². The summed E-state index contributed by atoms with van der Waals surface area (Å²) in [5.74, 6) is 0. The van der Waals surface area contributed by atoms with E-state index in [9.17, 15) is 0 Å². The zero-order chi connectivity index (χ0) is 10.1. The fraction of sp³-hybridized carbons (Fsp3) is 0.273. The van der Waals surface area contributed by atoms with E-state index in [1.165, 1.54) is 22.0 Å². The van der Waals surface area contributed by atoms with Gasteiger partial charge in [-0.2, -0.15) is 0 Å². The minimum Gasteiger partial charge on any atom is -0.349 e. The molecule has 0 atom stereocenters. The first-order chi connectivity index (χ1) is 6.72. The predicted octanol–water partition coefficient (Wildman–Crippen LogP) is 2.74. The lowest BCUT2D eigenvalue weighted by Gasteiger charge is -1.97. The quantitative estimate of drug-likeness (QED) is 0.848. The predicted molar refractivity (Wildman–Crippen MR) is 63.5 cm³/mol. The van der Waals surface area contributed by atoms with Crippen LogP contribution in [0.15, 0.2) is 22.8 Å². The van der Waals surface area contributed by atoms with E-state index in [0.717, 1.165) is 11.0 Å². The van der Waals surface area contributed by atoms with Gasteiger partial charge in [0.05, 0.1) is 4.60 Å². The van der Waals surface area contributed by atoms with Crippen molar-refractivity contribution < 1.29 is 0 Å². The fourth-order valence-electron chi connectivity index (χ4n) is 1.73. The van der Waals surface area contributed by atoms with E-state index >= 15 is 0 Å². The first kappa shape index (κ1) is 9.74. The Morgan fingerprint density at radius 3 is 2.93 bits per heavy atom. The second-order valence-electron chi connectivity index (χ2n) is 3.51. The molecule has 3 heteroatoms. The van der Waals surface area contributed by atoms with Crippen molar-refractivity contribution in [3.8, 4) is 0 Å². The van der Waals surface area contributed by atoms with Crippen molar-refractivity contribution in [2.24, 2.45) is 5.73 Å².